The number of carbonyl (C=O) groups excluding carboxylic acids is 1. The van der Waals surface area contributed by atoms with E-state index in [0.29, 0.717) is 13.0 Å². The van der Waals surface area contributed by atoms with Gasteiger partial charge in [-0.3, -0.25) is 9.48 Å². The Morgan fingerprint density at radius 2 is 2.43 bits per heavy atom. The summed E-state index contributed by atoms with van der Waals surface area (Å²) in [5.41, 5.74) is 0.942. The van der Waals surface area contributed by atoms with Gasteiger partial charge in [-0.2, -0.15) is 5.10 Å². The van der Waals surface area contributed by atoms with Crippen molar-refractivity contribution in [1.82, 2.24) is 9.78 Å². The summed E-state index contributed by atoms with van der Waals surface area (Å²) in [4.78, 5) is 11.3. The van der Waals surface area contributed by atoms with Gasteiger partial charge in [0, 0.05) is 26.3 Å². The Morgan fingerprint density at radius 1 is 1.64 bits per heavy atom. The van der Waals surface area contributed by atoms with Crippen molar-refractivity contribution in [3.8, 4) is 0 Å². The van der Waals surface area contributed by atoms with Gasteiger partial charge in [0.25, 0.3) is 0 Å². The topological polar surface area (TPSA) is 44.1 Å². The number of ketones is 1. The predicted molar refractivity (Wildman–Crippen MR) is 53.0 cm³/mol. The normalized spacial score (nSPS) is 10.4. The number of aromatic nitrogens is 2. The molecule has 0 bridgehead atoms. The standard InChI is InChI=1S/C10H16N2O2/c1-3-4-14-8-10(13)5-9-6-11-12(2)7-9/h6-7H,3-5,8H2,1-2H3. The Labute approximate surface area is 83.9 Å². The number of carbonyl (C=O) groups is 1. The molecule has 78 valence electrons. The molecule has 0 aliphatic carbocycles. The van der Waals surface area contributed by atoms with E-state index >= 15 is 0 Å². The van der Waals surface area contributed by atoms with Crippen LogP contribution < -0.4 is 0 Å². The zero-order chi connectivity index (χ0) is 10.4. The first kappa shape index (κ1) is 10.9. The molecule has 0 atom stereocenters. The number of hydrogen-bond donors (Lipinski definition) is 0. The molecule has 4 nitrogen and oxygen atoms in total. The number of aryl methyl sites for hydroxylation is 1. The molecule has 1 aromatic heterocycles. The van der Waals surface area contributed by atoms with Crippen molar-refractivity contribution < 1.29 is 9.53 Å². The maximum Gasteiger partial charge on any atom is 0.162 e. The van der Waals surface area contributed by atoms with Crippen molar-refractivity contribution in [2.75, 3.05) is 13.2 Å². The number of Topliss-reactive ketones (excluding diaryl/α,β-unsaturated/α-hetero) is 1. The van der Waals surface area contributed by atoms with E-state index < -0.39 is 0 Å². The van der Waals surface area contributed by atoms with Gasteiger partial charge >= 0.3 is 0 Å². The first-order chi connectivity index (χ1) is 6.72. The summed E-state index contributed by atoms with van der Waals surface area (Å²) in [7, 11) is 1.83. The molecule has 0 aliphatic rings. The van der Waals surface area contributed by atoms with Crippen molar-refractivity contribution in [3.05, 3.63) is 18.0 Å². The zero-order valence-electron chi connectivity index (χ0n) is 8.69. The van der Waals surface area contributed by atoms with E-state index in [-0.39, 0.29) is 12.4 Å². The number of nitrogens with zero attached hydrogens (tertiary/aromatic N) is 2. The highest BCUT2D eigenvalue weighted by atomic mass is 16.5. The second kappa shape index (κ2) is 5.54. The maximum atomic E-state index is 11.3. The number of ether oxygens (including phenoxy) is 1. The second-order valence-electron chi connectivity index (χ2n) is 3.29. The van der Waals surface area contributed by atoms with Crippen LogP contribution in [0.15, 0.2) is 12.4 Å². The zero-order valence-corrected chi connectivity index (χ0v) is 8.69. The third kappa shape index (κ3) is 3.70. The van der Waals surface area contributed by atoms with Crippen LogP contribution in [0.25, 0.3) is 0 Å². The summed E-state index contributed by atoms with van der Waals surface area (Å²) >= 11 is 0. The number of hydrogen-bond acceptors (Lipinski definition) is 3. The third-order valence-corrected chi connectivity index (χ3v) is 1.77. The van der Waals surface area contributed by atoms with Crippen molar-refractivity contribution in [1.29, 1.82) is 0 Å². The average molecular weight is 196 g/mol. The van der Waals surface area contributed by atoms with Crippen LogP contribution in [0.5, 0.6) is 0 Å². The van der Waals surface area contributed by atoms with E-state index in [1.807, 2.05) is 20.2 Å². The highest BCUT2D eigenvalue weighted by Crippen LogP contribution is 1.98. The quantitative estimate of drug-likeness (QED) is 0.636. The molecular formula is C10H16N2O2. The molecule has 0 saturated carbocycles. The fraction of sp³-hybridized carbons (Fsp3) is 0.600. The van der Waals surface area contributed by atoms with E-state index in [0.717, 1.165) is 12.0 Å². The number of rotatable bonds is 6. The van der Waals surface area contributed by atoms with Crippen LogP contribution in [-0.2, 0) is 23.0 Å². The van der Waals surface area contributed by atoms with E-state index in [2.05, 4.69) is 5.10 Å². The molecule has 0 radical (unpaired) electrons. The highest BCUT2D eigenvalue weighted by molar-refractivity contribution is 5.81. The van der Waals surface area contributed by atoms with Crippen molar-refractivity contribution in [3.63, 3.8) is 0 Å². The van der Waals surface area contributed by atoms with E-state index in [1.54, 1.807) is 10.9 Å². The molecule has 0 fully saturated rings. The van der Waals surface area contributed by atoms with Crippen LogP contribution in [0.1, 0.15) is 18.9 Å². The van der Waals surface area contributed by atoms with Gasteiger partial charge in [-0.15, -0.1) is 0 Å². The summed E-state index contributed by atoms with van der Waals surface area (Å²) in [6.07, 6.45) is 4.91. The molecule has 1 heterocycles. The molecule has 1 aromatic rings. The lowest BCUT2D eigenvalue weighted by atomic mass is 10.2. The van der Waals surface area contributed by atoms with E-state index in [1.165, 1.54) is 0 Å². The minimum absolute atomic E-state index is 0.103. The molecule has 0 N–H and O–H groups in total. The lowest BCUT2D eigenvalue weighted by Crippen LogP contribution is -2.11. The van der Waals surface area contributed by atoms with Crippen molar-refractivity contribution in [2.45, 2.75) is 19.8 Å². The van der Waals surface area contributed by atoms with E-state index in [9.17, 15) is 4.79 Å². The maximum absolute atomic E-state index is 11.3. The van der Waals surface area contributed by atoms with Crippen molar-refractivity contribution >= 4 is 5.78 Å². The first-order valence-corrected chi connectivity index (χ1v) is 4.79. The SMILES string of the molecule is CCCOCC(=O)Cc1cnn(C)c1. The molecule has 0 spiro atoms. The Morgan fingerprint density at radius 3 is 3.00 bits per heavy atom. The molecule has 0 saturated heterocycles. The van der Waals surface area contributed by atoms with Gasteiger partial charge in [0.15, 0.2) is 5.78 Å². The Balaban J connectivity index is 2.27. The molecule has 14 heavy (non-hydrogen) atoms. The average Bonchev–Trinajstić information content (AvgIpc) is 2.52. The fourth-order valence-corrected chi connectivity index (χ4v) is 1.17. The molecule has 0 aromatic carbocycles. The monoisotopic (exact) mass is 196 g/mol. The molecule has 4 heteroatoms. The van der Waals surface area contributed by atoms with Gasteiger partial charge in [-0.05, 0) is 12.0 Å². The molecule has 0 aliphatic heterocycles. The highest BCUT2D eigenvalue weighted by Gasteiger charge is 2.04. The van der Waals surface area contributed by atoms with Crippen molar-refractivity contribution in [2.24, 2.45) is 7.05 Å². The lowest BCUT2D eigenvalue weighted by molar-refractivity contribution is -0.122. The fourth-order valence-electron chi connectivity index (χ4n) is 1.17. The summed E-state index contributed by atoms with van der Waals surface area (Å²) in [6.45, 7) is 2.88. The van der Waals surface area contributed by atoms with Gasteiger partial charge in [0.1, 0.15) is 6.61 Å². The molecule has 0 unspecified atom stereocenters. The van der Waals surface area contributed by atoms with Gasteiger partial charge in [0.2, 0.25) is 0 Å². The first-order valence-electron chi connectivity index (χ1n) is 4.79. The van der Waals surface area contributed by atoms with Crippen LogP contribution in [0, 0.1) is 0 Å². The summed E-state index contributed by atoms with van der Waals surface area (Å²) < 4.78 is 6.84. The lowest BCUT2D eigenvalue weighted by Gasteiger charge is -1.99. The second-order valence-corrected chi connectivity index (χ2v) is 3.29. The summed E-state index contributed by atoms with van der Waals surface area (Å²) in [6, 6.07) is 0. The molecular weight excluding hydrogens is 180 g/mol. The Bertz CT molecular complexity index is 294. The summed E-state index contributed by atoms with van der Waals surface area (Å²) in [5.74, 6) is 0.103. The minimum atomic E-state index is 0.103. The van der Waals surface area contributed by atoms with Gasteiger partial charge in [0.05, 0.1) is 6.20 Å². The van der Waals surface area contributed by atoms with Gasteiger partial charge in [-0.25, -0.2) is 0 Å². The minimum Gasteiger partial charge on any atom is -0.374 e. The van der Waals surface area contributed by atoms with Crippen LogP contribution in [-0.4, -0.2) is 28.8 Å². The van der Waals surface area contributed by atoms with Crippen LogP contribution >= 0.6 is 0 Å². The molecule has 1 rings (SSSR count). The van der Waals surface area contributed by atoms with E-state index in [4.69, 9.17) is 4.74 Å². The third-order valence-electron chi connectivity index (χ3n) is 1.77. The Hall–Kier alpha value is -1.16. The van der Waals surface area contributed by atoms with Gasteiger partial charge in [-0.1, -0.05) is 6.92 Å². The smallest absolute Gasteiger partial charge is 0.162 e. The van der Waals surface area contributed by atoms with Crippen LogP contribution in [0.3, 0.4) is 0 Å². The Kier molecular flexibility index (Phi) is 4.32. The van der Waals surface area contributed by atoms with Gasteiger partial charge < -0.3 is 4.74 Å². The van der Waals surface area contributed by atoms with Crippen LogP contribution in [0.2, 0.25) is 0 Å². The molecule has 0 amide bonds. The predicted octanol–water partition coefficient (Wildman–Crippen LogP) is 0.958. The van der Waals surface area contributed by atoms with Crippen LogP contribution in [0.4, 0.5) is 0 Å². The largest absolute Gasteiger partial charge is 0.374 e. The summed E-state index contributed by atoms with van der Waals surface area (Å²) in [5, 5.41) is 3.99.